The molecule has 2 amide bonds. The Hall–Kier alpha value is -3.39. The number of hydrogen-bond donors (Lipinski definition) is 2. The minimum atomic E-state index is -0.944. The average molecular weight is 479 g/mol. The lowest BCUT2D eigenvalue weighted by atomic mass is 9.98. The SMILES string of the molecule is O=C(O)CC1CN(C(=O)C2CCCC2NC(=O)OCC2c3ccccc3-c3ccccc32)CCO1. The van der Waals surface area contributed by atoms with Crippen molar-refractivity contribution in [1.29, 1.82) is 0 Å². The van der Waals surface area contributed by atoms with Crippen LogP contribution in [0.1, 0.15) is 42.7 Å². The second kappa shape index (κ2) is 10.1. The maximum Gasteiger partial charge on any atom is 0.407 e. The molecule has 3 unspecified atom stereocenters. The number of carboxylic acid groups (broad SMARTS) is 1. The molecule has 184 valence electrons. The molecule has 2 aliphatic carbocycles. The van der Waals surface area contributed by atoms with E-state index in [9.17, 15) is 14.4 Å². The number of carbonyl (C=O) groups is 3. The second-order valence-corrected chi connectivity index (χ2v) is 9.49. The molecule has 3 aliphatic rings. The van der Waals surface area contributed by atoms with E-state index in [0.717, 1.165) is 17.5 Å². The van der Waals surface area contributed by atoms with E-state index in [-0.39, 0.29) is 43.4 Å². The van der Waals surface area contributed by atoms with Crippen molar-refractivity contribution in [2.24, 2.45) is 5.92 Å². The number of aliphatic carboxylic acids is 1. The lowest BCUT2D eigenvalue weighted by Gasteiger charge is -2.35. The highest BCUT2D eigenvalue weighted by Crippen LogP contribution is 2.44. The Labute approximate surface area is 204 Å². The summed E-state index contributed by atoms with van der Waals surface area (Å²) < 4.78 is 11.2. The van der Waals surface area contributed by atoms with Crippen molar-refractivity contribution in [1.82, 2.24) is 10.2 Å². The van der Waals surface area contributed by atoms with Crippen LogP contribution in [0.5, 0.6) is 0 Å². The number of hydrogen-bond acceptors (Lipinski definition) is 5. The number of benzene rings is 2. The highest BCUT2D eigenvalue weighted by Gasteiger charge is 2.39. The van der Waals surface area contributed by atoms with Crippen LogP contribution in [0.4, 0.5) is 4.79 Å². The minimum Gasteiger partial charge on any atom is -0.481 e. The fourth-order valence-electron chi connectivity index (χ4n) is 5.69. The monoisotopic (exact) mass is 478 g/mol. The fourth-order valence-corrected chi connectivity index (χ4v) is 5.69. The Bertz CT molecular complexity index is 1070. The van der Waals surface area contributed by atoms with Gasteiger partial charge in [0.1, 0.15) is 6.61 Å². The van der Waals surface area contributed by atoms with Gasteiger partial charge in [0.2, 0.25) is 5.91 Å². The highest BCUT2D eigenvalue weighted by atomic mass is 16.5. The molecule has 0 radical (unpaired) electrons. The summed E-state index contributed by atoms with van der Waals surface area (Å²) in [7, 11) is 0. The zero-order valence-corrected chi connectivity index (χ0v) is 19.5. The summed E-state index contributed by atoms with van der Waals surface area (Å²) in [6, 6.07) is 16.1. The Balaban J connectivity index is 1.19. The summed E-state index contributed by atoms with van der Waals surface area (Å²) in [5.41, 5.74) is 4.65. The van der Waals surface area contributed by atoms with Crippen LogP contribution in [0.15, 0.2) is 48.5 Å². The summed E-state index contributed by atoms with van der Waals surface area (Å²) in [4.78, 5) is 38.7. The molecule has 8 heteroatoms. The smallest absolute Gasteiger partial charge is 0.407 e. The zero-order valence-electron chi connectivity index (χ0n) is 19.5. The number of fused-ring (bicyclic) bond motifs is 3. The third-order valence-corrected chi connectivity index (χ3v) is 7.33. The van der Waals surface area contributed by atoms with Crippen LogP contribution in [0.25, 0.3) is 11.1 Å². The van der Waals surface area contributed by atoms with Gasteiger partial charge in [0.05, 0.1) is 25.0 Å². The van der Waals surface area contributed by atoms with E-state index in [1.165, 1.54) is 11.1 Å². The number of carbonyl (C=O) groups excluding carboxylic acids is 2. The van der Waals surface area contributed by atoms with Crippen LogP contribution in [-0.4, -0.2) is 66.4 Å². The molecule has 1 aliphatic heterocycles. The van der Waals surface area contributed by atoms with Crippen molar-refractivity contribution in [3.05, 3.63) is 59.7 Å². The third-order valence-electron chi connectivity index (χ3n) is 7.33. The zero-order chi connectivity index (χ0) is 24.4. The number of ether oxygens (including phenoxy) is 2. The summed E-state index contributed by atoms with van der Waals surface area (Å²) >= 11 is 0. The number of nitrogens with one attached hydrogen (secondary N) is 1. The van der Waals surface area contributed by atoms with Crippen LogP contribution in [0.2, 0.25) is 0 Å². The van der Waals surface area contributed by atoms with E-state index in [4.69, 9.17) is 14.6 Å². The highest BCUT2D eigenvalue weighted by molar-refractivity contribution is 5.81. The first kappa shape index (κ1) is 23.4. The number of alkyl carbamates (subject to hydrolysis) is 1. The Morgan fingerprint density at radius 3 is 2.40 bits per heavy atom. The molecule has 3 atom stereocenters. The molecule has 8 nitrogen and oxygen atoms in total. The van der Waals surface area contributed by atoms with Gasteiger partial charge >= 0.3 is 12.1 Å². The topological polar surface area (TPSA) is 105 Å². The van der Waals surface area contributed by atoms with Gasteiger partial charge in [0, 0.05) is 25.0 Å². The molecule has 1 heterocycles. The Morgan fingerprint density at radius 1 is 1.03 bits per heavy atom. The summed E-state index contributed by atoms with van der Waals surface area (Å²) in [6.07, 6.45) is 1.10. The van der Waals surface area contributed by atoms with Crippen LogP contribution < -0.4 is 5.32 Å². The summed E-state index contributed by atoms with van der Waals surface area (Å²) in [5.74, 6) is -1.35. The van der Waals surface area contributed by atoms with Gasteiger partial charge in [-0.2, -0.15) is 0 Å². The van der Waals surface area contributed by atoms with Crippen LogP contribution in [0, 0.1) is 5.92 Å². The summed E-state index contributed by atoms with van der Waals surface area (Å²) in [5, 5.41) is 12.0. The number of carboxylic acids is 1. The molecule has 0 bridgehead atoms. The van der Waals surface area contributed by atoms with E-state index in [2.05, 4.69) is 29.6 Å². The fraction of sp³-hybridized carbons (Fsp3) is 0.444. The minimum absolute atomic E-state index is 0.0197. The molecule has 0 spiro atoms. The van der Waals surface area contributed by atoms with Gasteiger partial charge in [-0.3, -0.25) is 9.59 Å². The number of nitrogens with zero attached hydrogens (tertiary/aromatic N) is 1. The first-order valence-corrected chi connectivity index (χ1v) is 12.2. The normalized spacial score (nSPS) is 23.4. The van der Waals surface area contributed by atoms with Crippen LogP contribution >= 0.6 is 0 Å². The maximum atomic E-state index is 13.2. The second-order valence-electron chi connectivity index (χ2n) is 9.49. The van der Waals surface area contributed by atoms with Crippen molar-refractivity contribution in [2.45, 2.75) is 43.7 Å². The van der Waals surface area contributed by atoms with Gasteiger partial charge in [0.25, 0.3) is 0 Å². The molecule has 2 fully saturated rings. The van der Waals surface area contributed by atoms with E-state index in [1.807, 2.05) is 24.3 Å². The average Bonchev–Trinajstić information content (AvgIpc) is 3.44. The van der Waals surface area contributed by atoms with E-state index < -0.39 is 18.2 Å². The molecule has 1 saturated heterocycles. The Morgan fingerprint density at radius 2 is 1.71 bits per heavy atom. The predicted octanol–water partition coefficient (Wildman–Crippen LogP) is 3.40. The van der Waals surface area contributed by atoms with Gasteiger partial charge in [0.15, 0.2) is 0 Å². The van der Waals surface area contributed by atoms with Gasteiger partial charge in [-0.1, -0.05) is 55.0 Å². The molecule has 2 aromatic rings. The molecular weight excluding hydrogens is 448 g/mol. The van der Waals surface area contributed by atoms with E-state index in [1.54, 1.807) is 4.90 Å². The Kier molecular flexibility index (Phi) is 6.72. The predicted molar refractivity (Wildman–Crippen MR) is 128 cm³/mol. The number of rotatable bonds is 6. The van der Waals surface area contributed by atoms with Crippen molar-refractivity contribution < 1.29 is 29.0 Å². The van der Waals surface area contributed by atoms with Crippen LogP contribution in [0.3, 0.4) is 0 Å². The van der Waals surface area contributed by atoms with E-state index in [0.29, 0.717) is 26.0 Å². The standard InChI is InChI=1S/C27H30N2O6/c30-25(31)14-17-15-29(12-13-34-17)26(32)22-10-5-11-24(22)28-27(33)35-16-23-20-8-3-1-6-18(20)19-7-2-4-9-21(19)23/h1-4,6-9,17,22-24H,5,10-16H2,(H,28,33)(H,30,31). The largest absolute Gasteiger partial charge is 0.481 e. The molecule has 1 saturated carbocycles. The van der Waals surface area contributed by atoms with Gasteiger partial charge in [-0.25, -0.2) is 4.79 Å². The molecule has 0 aromatic heterocycles. The number of morpholine rings is 1. The van der Waals surface area contributed by atoms with Crippen molar-refractivity contribution in [2.75, 3.05) is 26.3 Å². The molecule has 5 rings (SSSR count). The first-order valence-electron chi connectivity index (χ1n) is 12.2. The summed E-state index contributed by atoms with van der Waals surface area (Å²) in [6.45, 7) is 1.24. The van der Waals surface area contributed by atoms with Crippen LogP contribution in [-0.2, 0) is 19.1 Å². The van der Waals surface area contributed by atoms with Crippen molar-refractivity contribution >= 4 is 18.0 Å². The lowest BCUT2D eigenvalue weighted by molar-refractivity contribution is -0.150. The van der Waals surface area contributed by atoms with Crippen molar-refractivity contribution in [3.8, 4) is 11.1 Å². The van der Waals surface area contributed by atoms with E-state index >= 15 is 0 Å². The number of amides is 2. The molecule has 35 heavy (non-hydrogen) atoms. The third kappa shape index (κ3) is 4.89. The maximum absolute atomic E-state index is 13.2. The molecule has 2 aromatic carbocycles. The van der Waals surface area contributed by atoms with Crippen molar-refractivity contribution in [3.63, 3.8) is 0 Å². The van der Waals surface area contributed by atoms with Gasteiger partial charge < -0.3 is 24.8 Å². The molecule has 2 N–H and O–H groups in total. The lowest BCUT2D eigenvalue weighted by Crippen LogP contribution is -2.51. The van der Waals surface area contributed by atoms with Gasteiger partial charge in [-0.15, -0.1) is 0 Å². The quantitative estimate of drug-likeness (QED) is 0.659. The van der Waals surface area contributed by atoms with Gasteiger partial charge in [-0.05, 0) is 35.1 Å². The first-order chi connectivity index (χ1) is 17.0. The molecular formula is C27H30N2O6.